The van der Waals surface area contributed by atoms with Gasteiger partial charge in [0.15, 0.2) is 17.4 Å². The van der Waals surface area contributed by atoms with Gasteiger partial charge in [-0.25, -0.2) is 4.39 Å². The summed E-state index contributed by atoms with van der Waals surface area (Å²) in [4.78, 5) is 18.5. The first kappa shape index (κ1) is 17.2. The van der Waals surface area contributed by atoms with Crippen LogP contribution in [0.1, 0.15) is 23.7 Å². The molecule has 0 radical (unpaired) electrons. The van der Waals surface area contributed by atoms with Crippen molar-refractivity contribution in [3.63, 3.8) is 0 Å². The highest BCUT2D eigenvalue weighted by atomic mass is 19.1. The van der Waals surface area contributed by atoms with Crippen molar-refractivity contribution in [2.45, 2.75) is 19.3 Å². The Kier molecular flexibility index (Phi) is 4.35. The van der Waals surface area contributed by atoms with Crippen molar-refractivity contribution in [2.24, 2.45) is 0 Å². The van der Waals surface area contributed by atoms with E-state index in [0.717, 1.165) is 11.3 Å². The minimum Gasteiger partial charge on any atom is -0.494 e. The number of hydrogen-bond donors (Lipinski definition) is 0. The van der Waals surface area contributed by atoms with E-state index in [4.69, 9.17) is 9.26 Å². The Morgan fingerprint density at radius 1 is 1.22 bits per heavy atom. The number of amides is 1. The summed E-state index contributed by atoms with van der Waals surface area (Å²) in [5.41, 5.74) is 2.46. The van der Waals surface area contributed by atoms with E-state index in [0.29, 0.717) is 24.4 Å². The zero-order valence-corrected chi connectivity index (χ0v) is 15.0. The molecule has 1 aliphatic rings. The summed E-state index contributed by atoms with van der Waals surface area (Å²) >= 11 is 0. The molecule has 1 amide bonds. The first-order valence-corrected chi connectivity index (χ1v) is 8.59. The Morgan fingerprint density at radius 3 is 2.70 bits per heavy atom. The second kappa shape index (κ2) is 6.83. The van der Waals surface area contributed by atoms with Gasteiger partial charge in [0.25, 0.3) is 5.89 Å². The summed E-state index contributed by atoms with van der Waals surface area (Å²) in [7, 11) is 1.40. The van der Waals surface area contributed by atoms with E-state index in [1.54, 1.807) is 11.0 Å². The molecule has 0 aliphatic carbocycles. The molecule has 138 valence electrons. The Morgan fingerprint density at radius 2 is 2.00 bits per heavy atom. The van der Waals surface area contributed by atoms with Crippen LogP contribution in [0.2, 0.25) is 0 Å². The molecule has 0 bridgehead atoms. The third kappa shape index (κ3) is 3.28. The number of rotatable bonds is 4. The second-order valence-corrected chi connectivity index (χ2v) is 6.55. The molecule has 1 atom stereocenters. The monoisotopic (exact) mass is 367 g/mol. The van der Waals surface area contributed by atoms with E-state index >= 15 is 0 Å². The quantitative estimate of drug-likeness (QED) is 0.703. The van der Waals surface area contributed by atoms with Crippen LogP contribution in [0.3, 0.4) is 0 Å². The van der Waals surface area contributed by atoms with Gasteiger partial charge in [-0.1, -0.05) is 22.9 Å². The third-order valence-electron chi connectivity index (χ3n) is 4.68. The number of ether oxygens (including phenoxy) is 1. The number of anilines is 1. The van der Waals surface area contributed by atoms with Crippen LogP contribution >= 0.6 is 0 Å². The number of carbonyl (C=O) groups excluding carboxylic acids is 1. The van der Waals surface area contributed by atoms with E-state index in [2.05, 4.69) is 10.1 Å². The number of carbonyl (C=O) groups is 1. The van der Waals surface area contributed by atoms with Crippen LogP contribution in [0.5, 0.6) is 5.75 Å². The van der Waals surface area contributed by atoms with E-state index < -0.39 is 5.82 Å². The molecule has 1 aromatic heterocycles. The number of benzene rings is 2. The summed E-state index contributed by atoms with van der Waals surface area (Å²) < 4.78 is 24.1. The van der Waals surface area contributed by atoms with Crippen molar-refractivity contribution in [3.8, 4) is 17.2 Å². The molecule has 1 fully saturated rings. The van der Waals surface area contributed by atoms with E-state index in [1.807, 2.05) is 31.2 Å². The summed E-state index contributed by atoms with van der Waals surface area (Å²) in [6, 6.07) is 12.2. The number of nitrogens with zero attached hydrogens (tertiary/aromatic N) is 3. The maximum absolute atomic E-state index is 13.9. The molecule has 4 rings (SSSR count). The van der Waals surface area contributed by atoms with Gasteiger partial charge in [-0.05, 0) is 37.3 Å². The van der Waals surface area contributed by atoms with Gasteiger partial charge in [-0.15, -0.1) is 0 Å². The SMILES string of the molecule is COc1ccc(-c2nc([C@H]3CC(=O)N(c4ccc(C)cc4)C3)no2)cc1F. The largest absolute Gasteiger partial charge is 0.494 e. The van der Waals surface area contributed by atoms with Gasteiger partial charge in [0.2, 0.25) is 5.91 Å². The van der Waals surface area contributed by atoms with Crippen LogP contribution in [0.15, 0.2) is 47.0 Å². The van der Waals surface area contributed by atoms with Crippen molar-refractivity contribution in [2.75, 3.05) is 18.6 Å². The lowest BCUT2D eigenvalue weighted by Crippen LogP contribution is -2.24. The molecule has 0 unspecified atom stereocenters. The molecule has 2 heterocycles. The van der Waals surface area contributed by atoms with Crippen molar-refractivity contribution in [3.05, 3.63) is 59.7 Å². The lowest BCUT2D eigenvalue weighted by atomic mass is 10.1. The number of hydrogen-bond acceptors (Lipinski definition) is 5. The van der Waals surface area contributed by atoms with Gasteiger partial charge in [-0.3, -0.25) is 4.79 Å². The lowest BCUT2D eigenvalue weighted by Gasteiger charge is -2.16. The van der Waals surface area contributed by atoms with Crippen LogP contribution in [0.25, 0.3) is 11.5 Å². The Bertz CT molecular complexity index is 984. The maximum Gasteiger partial charge on any atom is 0.258 e. The fourth-order valence-electron chi connectivity index (χ4n) is 3.17. The van der Waals surface area contributed by atoms with E-state index in [9.17, 15) is 9.18 Å². The molecule has 27 heavy (non-hydrogen) atoms. The number of aromatic nitrogens is 2. The summed E-state index contributed by atoms with van der Waals surface area (Å²) in [5.74, 6) is 0.159. The van der Waals surface area contributed by atoms with Crippen molar-refractivity contribution >= 4 is 11.6 Å². The first-order chi connectivity index (χ1) is 13.0. The molecular formula is C20H18FN3O3. The van der Waals surface area contributed by atoms with Gasteiger partial charge in [0.1, 0.15) is 0 Å². The minimum absolute atomic E-state index is 0.0192. The molecule has 3 aromatic rings. The van der Waals surface area contributed by atoms with Crippen LogP contribution in [-0.4, -0.2) is 29.7 Å². The molecular weight excluding hydrogens is 349 g/mol. The highest BCUT2D eigenvalue weighted by Gasteiger charge is 2.34. The fourth-order valence-corrected chi connectivity index (χ4v) is 3.17. The normalized spacial score (nSPS) is 16.8. The topological polar surface area (TPSA) is 68.5 Å². The zero-order valence-electron chi connectivity index (χ0n) is 15.0. The van der Waals surface area contributed by atoms with Crippen LogP contribution < -0.4 is 9.64 Å². The molecule has 6 nitrogen and oxygen atoms in total. The zero-order chi connectivity index (χ0) is 19.0. The molecule has 1 saturated heterocycles. The van der Waals surface area contributed by atoms with Crippen molar-refractivity contribution in [1.29, 1.82) is 0 Å². The molecule has 1 aliphatic heterocycles. The van der Waals surface area contributed by atoms with E-state index in [1.165, 1.54) is 19.2 Å². The molecule has 2 aromatic carbocycles. The van der Waals surface area contributed by atoms with E-state index in [-0.39, 0.29) is 23.5 Å². The number of aryl methyl sites for hydroxylation is 1. The van der Waals surface area contributed by atoms with Crippen LogP contribution in [0.4, 0.5) is 10.1 Å². The molecule has 0 N–H and O–H groups in total. The minimum atomic E-state index is -0.503. The van der Waals surface area contributed by atoms with Gasteiger partial charge in [0, 0.05) is 30.1 Å². The van der Waals surface area contributed by atoms with Crippen molar-refractivity contribution in [1.82, 2.24) is 10.1 Å². The van der Waals surface area contributed by atoms with Crippen LogP contribution in [-0.2, 0) is 4.79 Å². The standard InChI is InChI=1S/C20H18FN3O3/c1-12-3-6-15(7-4-12)24-11-14(10-18(24)25)19-22-20(27-23-19)13-5-8-17(26-2)16(21)9-13/h3-9,14H,10-11H2,1-2H3/t14-/m0/s1. The summed E-state index contributed by atoms with van der Waals surface area (Å²) in [6.45, 7) is 2.49. The number of methoxy groups -OCH3 is 1. The fraction of sp³-hybridized carbons (Fsp3) is 0.250. The molecule has 0 spiro atoms. The Labute approximate surface area is 155 Å². The van der Waals surface area contributed by atoms with Crippen molar-refractivity contribution < 1.29 is 18.4 Å². The average Bonchev–Trinajstić information content (AvgIpc) is 3.29. The maximum atomic E-state index is 13.9. The average molecular weight is 367 g/mol. The summed E-state index contributed by atoms with van der Waals surface area (Å²) in [6.07, 6.45) is 0.309. The predicted molar refractivity (Wildman–Crippen MR) is 97.1 cm³/mol. The molecule has 0 saturated carbocycles. The Hall–Kier alpha value is -3.22. The van der Waals surface area contributed by atoms with Gasteiger partial charge in [0.05, 0.1) is 7.11 Å². The van der Waals surface area contributed by atoms with Gasteiger partial charge >= 0.3 is 0 Å². The van der Waals surface area contributed by atoms with Gasteiger partial charge < -0.3 is 14.2 Å². The highest BCUT2D eigenvalue weighted by molar-refractivity contribution is 5.96. The number of halogens is 1. The predicted octanol–water partition coefficient (Wildman–Crippen LogP) is 3.71. The smallest absolute Gasteiger partial charge is 0.258 e. The highest BCUT2D eigenvalue weighted by Crippen LogP contribution is 2.32. The Balaban J connectivity index is 1.54. The van der Waals surface area contributed by atoms with Crippen LogP contribution in [0, 0.1) is 12.7 Å². The summed E-state index contributed by atoms with van der Waals surface area (Å²) in [5, 5.41) is 4.00. The third-order valence-corrected chi connectivity index (χ3v) is 4.68. The lowest BCUT2D eigenvalue weighted by molar-refractivity contribution is -0.117. The first-order valence-electron chi connectivity index (χ1n) is 8.59. The van der Waals surface area contributed by atoms with Gasteiger partial charge in [-0.2, -0.15) is 4.98 Å². The second-order valence-electron chi connectivity index (χ2n) is 6.55. The molecule has 7 heteroatoms.